The average Bonchev–Trinajstić information content (AvgIpc) is 2.33. The van der Waals surface area contributed by atoms with Crippen LogP contribution in [0.25, 0.3) is 0 Å². The maximum atomic E-state index is 5.81. The van der Waals surface area contributed by atoms with Gasteiger partial charge in [0, 0.05) is 0 Å². The molecule has 1 aliphatic carbocycles. The molecule has 0 aromatic carbocycles. The third-order valence-electron chi connectivity index (χ3n) is 2.64. The van der Waals surface area contributed by atoms with Crippen molar-refractivity contribution in [2.75, 3.05) is 0 Å². The lowest BCUT2D eigenvalue weighted by Crippen LogP contribution is -2.18. The van der Waals surface area contributed by atoms with Crippen LogP contribution in [0.15, 0.2) is 0 Å². The Kier molecular flexibility index (Phi) is 4.67. The lowest BCUT2D eigenvalue weighted by Gasteiger charge is -2.19. The second kappa shape index (κ2) is 5.58. The molecule has 0 amide bonds. The molecule has 0 aromatic rings. The van der Waals surface area contributed by atoms with Crippen molar-refractivity contribution in [2.45, 2.75) is 64.1 Å². The summed E-state index contributed by atoms with van der Waals surface area (Å²) in [5.74, 6) is 0. The van der Waals surface area contributed by atoms with Gasteiger partial charge in [-0.3, -0.25) is 0 Å². The van der Waals surface area contributed by atoms with E-state index in [0.29, 0.717) is 6.10 Å². The van der Waals surface area contributed by atoms with Gasteiger partial charge in [-0.15, -0.1) is 0 Å². The van der Waals surface area contributed by atoms with Gasteiger partial charge in [0.2, 0.25) is 0 Å². The van der Waals surface area contributed by atoms with Gasteiger partial charge in [-0.05, 0) is 26.2 Å². The standard InChI is InChI=1S/C11H21O/c1-3-10(2)12-11-8-6-4-5-7-9-11/h10-11H,2-9H2,1H3. The van der Waals surface area contributed by atoms with Gasteiger partial charge < -0.3 is 4.74 Å². The molecule has 1 atom stereocenters. The molecule has 0 spiro atoms. The molecule has 0 N–H and O–H groups in total. The Morgan fingerprint density at radius 1 is 1.25 bits per heavy atom. The minimum absolute atomic E-state index is 0.216. The summed E-state index contributed by atoms with van der Waals surface area (Å²) in [6.07, 6.45) is 9.77. The predicted octanol–water partition coefficient (Wildman–Crippen LogP) is 3.34. The van der Waals surface area contributed by atoms with E-state index in [9.17, 15) is 0 Å². The van der Waals surface area contributed by atoms with Gasteiger partial charge in [-0.2, -0.15) is 0 Å². The van der Waals surface area contributed by atoms with Crippen LogP contribution in [0, 0.1) is 6.92 Å². The fraction of sp³-hybridized carbons (Fsp3) is 0.909. The first-order valence-corrected chi connectivity index (χ1v) is 5.31. The van der Waals surface area contributed by atoms with Gasteiger partial charge in [0.15, 0.2) is 0 Å². The number of hydrogen-bond donors (Lipinski definition) is 0. The molecule has 0 saturated heterocycles. The van der Waals surface area contributed by atoms with Crippen molar-refractivity contribution < 1.29 is 4.74 Å². The number of rotatable bonds is 3. The Hall–Kier alpha value is -0.0400. The number of hydrogen-bond acceptors (Lipinski definition) is 1. The highest BCUT2D eigenvalue weighted by Gasteiger charge is 2.14. The van der Waals surface area contributed by atoms with Crippen LogP contribution in [0.1, 0.15) is 51.9 Å². The van der Waals surface area contributed by atoms with E-state index < -0.39 is 0 Å². The molecule has 1 aliphatic rings. The maximum absolute atomic E-state index is 5.81. The first-order valence-electron chi connectivity index (χ1n) is 5.31. The first kappa shape index (κ1) is 10.0. The van der Waals surface area contributed by atoms with E-state index in [1.54, 1.807) is 0 Å². The highest BCUT2D eigenvalue weighted by atomic mass is 16.5. The third-order valence-corrected chi connectivity index (χ3v) is 2.64. The third kappa shape index (κ3) is 3.57. The van der Waals surface area contributed by atoms with Crippen molar-refractivity contribution in [2.24, 2.45) is 0 Å². The van der Waals surface area contributed by atoms with Gasteiger partial charge in [-0.1, -0.05) is 32.6 Å². The summed E-state index contributed by atoms with van der Waals surface area (Å²) in [5.41, 5.74) is 0. The van der Waals surface area contributed by atoms with Crippen LogP contribution >= 0.6 is 0 Å². The summed E-state index contributed by atoms with van der Waals surface area (Å²) in [4.78, 5) is 0. The molecule has 1 radical (unpaired) electrons. The molecule has 1 rings (SSSR count). The quantitative estimate of drug-likeness (QED) is 0.589. The topological polar surface area (TPSA) is 9.23 Å². The molecule has 1 unspecified atom stereocenters. The Balaban J connectivity index is 2.20. The van der Waals surface area contributed by atoms with Crippen LogP contribution < -0.4 is 0 Å². The largest absolute Gasteiger partial charge is 0.375 e. The van der Waals surface area contributed by atoms with Gasteiger partial charge in [-0.25, -0.2) is 0 Å². The van der Waals surface area contributed by atoms with Gasteiger partial charge in [0.1, 0.15) is 0 Å². The normalized spacial score (nSPS) is 23.5. The fourth-order valence-corrected chi connectivity index (χ4v) is 1.75. The molecule has 0 aliphatic heterocycles. The van der Waals surface area contributed by atoms with Crippen LogP contribution in [-0.2, 0) is 4.74 Å². The smallest absolute Gasteiger partial charge is 0.0578 e. The van der Waals surface area contributed by atoms with Crippen LogP contribution in [0.4, 0.5) is 0 Å². The van der Waals surface area contributed by atoms with Crippen LogP contribution in [-0.4, -0.2) is 12.2 Å². The molecular weight excluding hydrogens is 148 g/mol. The van der Waals surface area contributed by atoms with E-state index in [2.05, 4.69) is 13.8 Å². The lowest BCUT2D eigenvalue weighted by atomic mass is 10.1. The van der Waals surface area contributed by atoms with Gasteiger partial charge in [0.25, 0.3) is 0 Å². The zero-order valence-corrected chi connectivity index (χ0v) is 8.22. The molecule has 12 heavy (non-hydrogen) atoms. The minimum atomic E-state index is 0.216. The summed E-state index contributed by atoms with van der Waals surface area (Å²) in [6, 6.07) is 0. The van der Waals surface area contributed by atoms with E-state index >= 15 is 0 Å². The highest BCUT2D eigenvalue weighted by Crippen LogP contribution is 2.21. The maximum Gasteiger partial charge on any atom is 0.0578 e. The van der Waals surface area contributed by atoms with Crippen molar-refractivity contribution in [1.82, 2.24) is 0 Å². The van der Waals surface area contributed by atoms with Gasteiger partial charge in [0.05, 0.1) is 12.2 Å². The van der Waals surface area contributed by atoms with E-state index in [4.69, 9.17) is 4.74 Å². The summed E-state index contributed by atoms with van der Waals surface area (Å²) in [6.45, 7) is 6.09. The monoisotopic (exact) mass is 169 g/mol. The minimum Gasteiger partial charge on any atom is -0.375 e. The Morgan fingerprint density at radius 2 is 1.83 bits per heavy atom. The lowest BCUT2D eigenvalue weighted by molar-refractivity contribution is 0.00214. The zero-order chi connectivity index (χ0) is 8.81. The zero-order valence-electron chi connectivity index (χ0n) is 8.22. The fourth-order valence-electron chi connectivity index (χ4n) is 1.75. The molecule has 1 heteroatoms. The second-order valence-corrected chi connectivity index (χ2v) is 3.78. The molecule has 1 saturated carbocycles. The van der Waals surface area contributed by atoms with Crippen molar-refractivity contribution in [3.63, 3.8) is 0 Å². The first-order chi connectivity index (χ1) is 5.83. The second-order valence-electron chi connectivity index (χ2n) is 3.78. The van der Waals surface area contributed by atoms with Crippen molar-refractivity contribution in [1.29, 1.82) is 0 Å². The molecule has 0 aromatic heterocycles. The van der Waals surface area contributed by atoms with E-state index in [1.165, 1.54) is 38.5 Å². The highest BCUT2D eigenvalue weighted by molar-refractivity contribution is 4.67. The summed E-state index contributed by atoms with van der Waals surface area (Å²) >= 11 is 0. The summed E-state index contributed by atoms with van der Waals surface area (Å²) in [7, 11) is 0. The summed E-state index contributed by atoms with van der Waals surface area (Å²) in [5, 5.41) is 0. The van der Waals surface area contributed by atoms with Crippen LogP contribution in [0.5, 0.6) is 0 Å². The van der Waals surface area contributed by atoms with E-state index in [-0.39, 0.29) is 6.10 Å². The molecule has 71 valence electrons. The Morgan fingerprint density at radius 3 is 2.33 bits per heavy atom. The van der Waals surface area contributed by atoms with Crippen LogP contribution in [0.2, 0.25) is 0 Å². The molecule has 1 fully saturated rings. The molecule has 0 heterocycles. The predicted molar refractivity (Wildman–Crippen MR) is 52.0 cm³/mol. The summed E-state index contributed by atoms with van der Waals surface area (Å²) < 4.78 is 5.81. The average molecular weight is 169 g/mol. The van der Waals surface area contributed by atoms with E-state index in [1.807, 2.05) is 0 Å². The number of ether oxygens (including phenoxy) is 1. The van der Waals surface area contributed by atoms with Crippen molar-refractivity contribution in [3.8, 4) is 0 Å². The molecular formula is C11H21O. The van der Waals surface area contributed by atoms with Crippen molar-refractivity contribution in [3.05, 3.63) is 6.92 Å². The van der Waals surface area contributed by atoms with E-state index in [0.717, 1.165) is 6.42 Å². The van der Waals surface area contributed by atoms with Crippen molar-refractivity contribution >= 4 is 0 Å². The SMILES string of the molecule is [CH2]C(CC)OC1CCCCCC1. The molecule has 0 bridgehead atoms. The van der Waals surface area contributed by atoms with Crippen LogP contribution in [0.3, 0.4) is 0 Å². The Labute approximate surface area is 76.5 Å². The van der Waals surface area contributed by atoms with Gasteiger partial charge >= 0.3 is 0 Å². The Bertz CT molecular complexity index is 104. The molecule has 1 nitrogen and oxygen atoms in total.